The highest BCUT2D eigenvalue weighted by atomic mass is 16.5. The lowest BCUT2D eigenvalue weighted by Gasteiger charge is -2.28. The van der Waals surface area contributed by atoms with Crippen LogP contribution in [0, 0.1) is 5.92 Å². The normalized spacial score (nSPS) is 32.2. The Morgan fingerprint density at radius 1 is 1.55 bits per heavy atom. The molecule has 0 bridgehead atoms. The molecule has 0 saturated carbocycles. The molecule has 0 aliphatic carbocycles. The summed E-state index contributed by atoms with van der Waals surface area (Å²) in [5, 5.41) is 0. The molecule has 0 aromatic rings. The van der Waals surface area contributed by atoms with Gasteiger partial charge < -0.3 is 9.47 Å². The monoisotopic (exact) mass is 158 g/mol. The molecule has 2 nitrogen and oxygen atoms in total. The molecular weight excluding hydrogens is 140 g/mol. The molecule has 66 valence electrons. The zero-order valence-corrected chi connectivity index (χ0v) is 7.51. The predicted molar refractivity (Wildman–Crippen MR) is 44.6 cm³/mol. The van der Waals surface area contributed by atoms with Crippen molar-refractivity contribution in [2.45, 2.75) is 32.3 Å². The van der Waals surface area contributed by atoms with Gasteiger partial charge in [0.2, 0.25) is 0 Å². The summed E-state index contributed by atoms with van der Waals surface area (Å²) in [6, 6.07) is 0. The first-order valence-corrected chi connectivity index (χ1v) is 4.47. The van der Waals surface area contributed by atoms with E-state index < -0.39 is 0 Å². The molecule has 0 amide bonds. The second-order valence-electron chi connectivity index (χ2n) is 3.25. The van der Waals surface area contributed by atoms with Gasteiger partial charge >= 0.3 is 0 Å². The van der Waals surface area contributed by atoms with Gasteiger partial charge in [-0.1, -0.05) is 13.3 Å². The fourth-order valence-corrected chi connectivity index (χ4v) is 1.63. The van der Waals surface area contributed by atoms with Crippen LogP contribution in [0.4, 0.5) is 0 Å². The van der Waals surface area contributed by atoms with Crippen molar-refractivity contribution in [1.82, 2.24) is 0 Å². The summed E-state index contributed by atoms with van der Waals surface area (Å²) >= 11 is 0. The molecular formula is C9H18O2. The first-order valence-electron chi connectivity index (χ1n) is 4.47. The van der Waals surface area contributed by atoms with Gasteiger partial charge in [-0.25, -0.2) is 0 Å². The van der Waals surface area contributed by atoms with Crippen LogP contribution < -0.4 is 0 Å². The smallest absolute Gasteiger partial charge is 0.0811 e. The van der Waals surface area contributed by atoms with E-state index in [4.69, 9.17) is 9.47 Å². The fraction of sp³-hybridized carbons (Fsp3) is 1.00. The lowest BCUT2D eigenvalue weighted by molar-refractivity contribution is -0.0478. The van der Waals surface area contributed by atoms with E-state index in [2.05, 4.69) is 6.92 Å². The van der Waals surface area contributed by atoms with Crippen LogP contribution in [0.2, 0.25) is 0 Å². The van der Waals surface area contributed by atoms with E-state index in [1.54, 1.807) is 7.11 Å². The van der Waals surface area contributed by atoms with Crippen molar-refractivity contribution in [3.05, 3.63) is 0 Å². The van der Waals surface area contributed by atoms with Crippen LogP contribution in [0.1, 0.15) is 26.2 Å². The Morgan fingerprint density at radius 3 is 3.00 bits per heavy atom. The number of hydrogen-bond donors (Lipinski definition) is 0. The number of ether oxygens (including phenoxy) is 2. The van der Waals surface area contributed by atoms with Crippen molar-refractivity contribution in [2.24, 2.45) is 5.92 Å². The van der Waals surface area contributed by atoms with Gasteiger partial charge in [-0.15, -0.1) is 0 Å². The maximum absolute atomic E-state index is 5.53. The molecule has 0 radical (unpaired) electrons. The third-order valence-corrected chi connectivity index (χ3v) is 2.41. The van der Waals surface area contributed by atoms with E-state index in [0.717, 1.165) is 19.1 Å². The highest BCUT2D eigenvalue weighted by molar-refractivity contribution is 4.69. The van der Waals surface area contributed by atoms with E-state index >= 15 is 0 Å². The van der Waals surface area contributed by atoms with Crippen molar-refractivity contribution >= 4 is 0 Å². The topological polar surface area (TPSA) is 18.5 Å². The molecule has 0 N–H and O–H groups in total. The largest absolute Gasteiger partial charge is 0.382 e. The minimum Gasteiger partial charge on any atom is -0.382 e. The Labute approximate surface area is 68.9 Å². The minimum atomic E-state index is 0.360. The first kappa shape index (κ1) is 9.01. The van der Waals surface area contributed by atoms with E-state index in [0.29, 0.717) is 6.10 Å². The van der Waals surface area contributed by atoms with Crippen LogP contribution in [-0.2, 0) is 9.47 Å². The third kappa shape index (κ3) is 2.80. The van der Waals surface area contributed by atoms with Crippen LogP contribution in [-0.4, -0.2) is 26.4 Å². The average Bonchev–Trinajstić information content (AvgIpc) is 2.06. The van der Waals surface area contributed by atoms with Gasteiger partial charge in [-0.05, 0) is 18.8 Å². The molecule has 0 aromatic heterocycles. The lowest BCUT2D eigenvalue weighted by atomic mass is 9.93. The van der Waals surface area contributed by atoms with Crippen molar-refractivity contribution in [2.75, 3.05) is 20.3 Å². The molecule has 1 aliphatic rings. The maximum Gasteiger partial charge on any atom is 0.0811 e. The van der Waals surface area contributed by atoms with Gasteiger partial charge in [0.1, 0.15) is 0 Å². The lowest BCUT2D eigenvalue weighted by Crippen LogP contribution is -2.28. The minimum absolute atomic E-state index is 0.360. The zero-order valence-electron chi connectivity index (χ0n) is 7.51. The van der Waals surface area contributed by atoms with E-state index in [1.807, 2.05) is 0 Å². The zero-order chi connectivity index (χ0) is 8.10. The number of rotatable bonds is 3. The van der Waals surface area contributed by atoms with E-state index in [-0.39, 0.29) is 0 Å². The van der Waals surface area contributed by atoms with Crippen LogP contribution >= 0.6 is 0 Å². The van der Waals surface area contributed by atoms with Crippen molar-refractivity contribution in [1.29, 1.82) is 0 Å². The summed E-state index contributed by atoms with van der Waals surface area (Å²) in [6.07, 6.45) is 4.06. The highest BCUT2D eigenvalue weighted by Gasteiger charge is 2.20. The SMILES string of the molecule is CCC1CCOC(COC)C1. The predicted octanol–water partition coefficient (Wildman–Crippen LogP) is 1.84. The maximum atomic E-state index is 5.53. The Balaban J connectivity index is 2.21. The van der Waals surface area contributed by atoms with E-state index in [9.17, 15) is 0 Å². The van der Waals surface area contributed by atoms with Gasteiger partial charge in [0.15, 0.2) is 0 Å². The molecule has 1 heterocycles. The molecule has 1 fully saturated rings. The van der Waals surface area contributed by atoms with Gasteiger partial charge in [0, 0.05) is 13.7 Å². The van der Waals surface area contributed by atoms with Crippen molar-refractivity contribution in [3.8, 4) is 0 Å². The average molecular weight is 158 g/mol. The number of hydrogen-bond acceptors (Lipinski definition) is 2. The Bertz CT molecular complexity index is 102. The standard InChI is InChI=1S/C9H18O2/c1-3-8-4-5-11-9(6-8)7-10-2/h8-9H,3-7H2,1-2H3. The highest BCUT2D eigenvalue weighted by Crippen LogP contribution is 2.22. The van der Waals surface area contributed by atoms with Crippen molar-refractivity contribution < 1.29 is 9.47 Å². The molecule has 1 rings (SSSR count). The second kappa shape index (κ2) is 4.73. The van der Waals surface area contributed by atoms with Crippen LogP contribution in [0.25, 0.3) is 0 Å². The molecule has 0 spiro atoms. The van der Waals surface area contributed by atoms with Crippen LogP contribution in [0.5, 0.6) is 0 Å². The second-order valence-corrected chi connectivity index (χ2v) is 3.25. The summed E-state index contributed by atoms with van der Waals surface area (Å²) in [6.45, 7) is 3.93. The summed E-state index contributed by atoms with van der Waals surface area (Å²) < 4.78 is 10.6. The van der Waals surface area contributed by atoms with Crippen molar-refractivity contribution in [3.63, 3.8) is 0 Å². The summed E-state index contributed by atoms with van der Waals surface area (Å²) in [7, 11) is 1.74. The third-order valence-electron chi connectivity index (χ3n) is 2.41. The Morgan fingerprint density at radius 2 is 2.36 bits per heavy atom. The first-order chi connectivity index (χ1) is 5.36. The molecule has 0 aromatic carbocycles. The quantitative estimate of drug-likeness (QED) is 0.624. The Hall–Kier alpha value is -0.0800. The molecule has 2 atom stereocenters. The summed E-state index contributed by atoms with van der Waals surface area (Å²) in [5.74, 6) is 0.865. The Kier molecular flexibility index (Phi) is 3.87. The molecule has 2 heteroatoms. The van der Waals surface area contributed by atoms with E-state index in [1.165, 1.54) is 19.3 Å². The molecule has 2 unspecified atom stereocenters. The summed E-state index contributed by atoms with van der Waals surface area (Å²) in [5.41, 5.74) is 0. The van der Waals surface area contributed by atoms with Crippen LogP contribution in [0.3, 0.4) is 0 Å². The summed E-state index contributed by atoms with van der Waals surface area (Å²) in [4.78, 5) is 0. The van der Waals surface area contributed by atoms with Gasteiger partial charge in [-0.2, -0.15) is 0 Å². The molecule has 11 heavy (non-hydrogen) atoms. The molecule has 1 aliphatic heterocycles. The van der Waals surface area contributed by atoms with Crippen LogP contribution in [0.15, 0.2) is 0 Å². The number of methoxy groups -OCH3 is 1. The van der Waals surface area contributed by atoms with Gasteiger partial charge in [0.25, 0.3) is 0 Å². The van der Waals surface area contributed by atoms with Gasteiger partial charge in [0.05, 0.1) is 12.7 Å². The fourth-order valence-electron chi connectivity index (χ4n) is 1.63. The molecule has 1 saturated heterocycles. The van der Waals surface area contributed by atoms with Gasteiger partial charge in [-0.3, -0.25) is 0 Å².